The number of nitrogens with zero attached hydrogens (tertiary/aromatic N) is 3. The minimum absolute atomic E-state index is 0.202. The molecule has 2 aliphatic rings. The number of nitrogens with two attached hydrogens (primary N) is 1. The van der Waals surface area contributed by atoms with Crippen LogP contribution in [0.5, 0.6) is 0 Å². The number of carbonyl (C=O) groups is 3. The topological polar surface area (TPSA) is 99.0 Å². The van der Waals surface area contributed by atoms with E-state index in [1.54, 1.807) is 0 Å². The van der Waals surface area contributed by atoms with Crippen molar-refractivity contribution in [3.63, 3.8) is 0 Å². The number of rotatable bonds is 5. The Morgan fingerprint density at radius 3 is 2.13 bits per heavy atom. The number of aryl methyl sites for hydroxylation is 1. The van der Waals surface area contributed by atoms with Gasteiger partial charge in [-0.2, -0.15) is 0 Å². The summed E-state index contributed by atoms with van der Waals surface area (Å²) >= 11 is 0. The number of piperazine rings is 1. The van der Waals surface area contributed by atoms with Crippen LogP contribution in [0.2, 0.25) is 0 Å². The highest BCUT2D eigenvalue weighted by Crippen LogP contribution is 2.16. The van der Waals surface area contributed by atoms with Crippen LogP contribution in [0.3, 0.4) is 0 Å². The number of aldehydes is 1. The largest absolute Gasteiger partial charge is 0.376 e. The Morgan fingerprint density at radius 2 is 1.68 bits per heavy atom. The highest BCUT2D eigenvalue weighted by atomic mass is 16.2. The second-order valence-corrected chi connectivity index (χ2v) is 6.97. The molecule has 2 aliphatic heterocycles. The van der Waals surface area contributed by atoms with Gasteiger partial charge in [-0.05, 0) is 31.7 Å². The summed E-state index contributed by atoms with van der Waals surface area (Å²) in [5, 5.41) is 3.26. The Hall–Kier alpha value is -2.71. The van der Waals surface area contributed by atoms with Crippen molar-refractivity contribution in [2.45, 2.75) is 26.8 Å². The molecule has 8 heteroatoms. The smallest absolute Gasteiger partial charge is 0.241 e. The molecule has 0 radical (unpaired) electrons. The summed E-state index contributed by atoms with van der Waals surface area (Å²) in [5.41, 5.74) is 6.39. The Labute approximate surface area is 187 Å². The summed E-state index contributed by atoms with van der Waals surface area (Å²) in [6.45, 7) is 15.6. The average molecular weight is 434 g/mol. The van der Waals surface area contributed by atoms with Gasteiger partial charge in [0.25, 0.3) is 0 Å². The number of amides is 2. The van der Waals surface area contributed by atoms with Gasteiger partial charge in [-0.25, -0.2) is 0 Å². The van der Waals surface area contributed by atoms with Crippen LogP contribution in [0.1, 0.15) is 19.4 Å². The van der Waals surface area contributed by atoms with Crippen molar-refractivity contribution in [2.24, 2.45) is 5.73 Å². The van der Waals surface area contributed by atoms with Gasteiger partial charge in [0.2, 0.25) is 12.3 Å². The van der Waals surface area contributed by atoms with E-state index >= 15 is 0 Å². The molecule has 0 atom stereocenters. The molecule has 0 aromatic heterocycles. The van der Waals surface area contributed by atoms with Gasteiger partial charge >= 0.3 is 0 Å². The Kier molecular flexibility index (Phi) is 15.5. The summed E-state index contributed by atoms with van der Waals surface area (Å²) in [6.07, 6.45) is 2.08. The lowest BCUT2D eigenvalue weighted by molar-refractivity contribution is -0.131. The maximum atomic E-state index is 12.3. The number of hydrogen-bond donors (Lipinski definition) is 2. The lowest BCUT2D eigenvalue weighted by atomic mass is 10.1. The SMILES string of the molecule is C=CC=O.CC.Cc1ccccc1NCC(=O)N1CCN(C2CN(C)C2)CC1.NC=O. The predicted octanol–water partition coefficient (Wildman–Crippen LogP) is 1.36. The Balaban J connectivity index is 0.000000865. The summed E-state index contributed by atoms with van der Waals surface area (Å²) < 4.78 is 0. The number of allylic oxidation sites excluding steroid dienone is 1. The third-order valence-corrected chi connectivity index (χ3v) is 4.90. The molecule has 0 aliphatic carbocycles. The number of hydrogen-bond acceptors (Lipinski definition) is 6. The first-order valence-electron chi connectivity index (χ1n) is 10.7. The standard InChI is InChI=1S/C17H26N4O.C3H4O.C2H6.CH3NO/c1-14-5-3-4-6-16(14)18-11-17(22)21-9-7-20(8-10-21)15-12-19(2)13-15;1-2-3-4;1-2;2-1-3/h3-6,15,18H,7-13H2,1-2H3;2-3H,1H2;1-2H3;1H,(H2,2,3). The van der Waals surface area contributed by atoms with E-state index in [0.29, 0.717) is 18.9 Å². The molecule has 2 saturated heterocycles. The van der Waals surface area contributed by atoms with Crippen molar-refractivity contribution in [3.05, 3.63) is 42.5 Å². The first-order valence-corrected chi connectivity index (χ1v) is 10.7. The van der Waals surface area contributed by atoms with Crippen molar-refractivity contribution in [3.8, 4) is 0 Å². The van der Waals surface area contributed by atoms with E-state index in [2.05, 4.69) is 47.5 Å². The summed E-state index contributed by atoms with van der Waals surface area (Å²) in [7, 11) is 2.16. The van der Waals surface area contributed by atoms with Gasteiger partial charge in [-0.3, -0.25) is 19.3 Å². The molecule has 0 bridgehead atoms. The van der Waals surface area contributed by atoms with E-state index in [9.17, 15) is 4.79 Å². The number of primary amides is 1. The second-order valence-electron chi connectivity index (χ2n) is 6.97. The van der Waals surface area contributed by atoms with Crippen molar-refractivity contribution < 1.29 is 14.4 Å². The molecule has 2 heterocycles. The maximum Gasteiger partial charge on any atom is 0.241 e. The number of nitrogens with one attached hydrogen (secondary N) is 1. The molecule has 1 aromatic carbocycles. The third-order valence-electron chi connectivity index (χ3n) is 4.90. The monoisotopic (exact) mass is 433 g/mol. The lowest BCUT2D eigenvalue weighted by Crippen LogP contribution is -2.62. The molecule has 2 fully saturated rings. The highest BCUT2D eigenvalue weighted by molar-refractivity contribution is 5.81. The molecular weight excluding hydrogens is 394 g/mol. The lowest BCUT2D eigenvalue weighted by Gasteiger charge is -2.46. The van der Waals surface area contributed by atoms with Crippen LogP contribution in [0.4, 0.5) is 5.69 Å². The van der Waals surface area contributed by atoms with Crippen LogP contribution in [-0.2, 0) is 14.4 Å². The fourth-order valence-electron chi connectivity index (χ4n) is 3.29. The molecule has 0 unspecified atom stereocenters. The molecule has 0 saturated carbocycles. The number of para-hydroxylation sites is 1. The zero-order chi connectivity index (χ0) is 23.6. The molecule has 3 rings (SSSR count). The molecule has 8 nitrogen and oxygen atoms in total. The van der Waals surface area contributed by atoms with E-state index in [1.165, 1.54) is 24.7 Å². The van der Waals surface area contributed by atoms with Gasteiger partial charge in [0.15, 0.2) is 0 Å². The van der Waals surface area contributed by atoms with Crippen LogP contribution in [-0.4, -0.2) is 92.2 Å². The zero-order valence-electron chi connectivity index (χ0n) is 19.4. The molecule has 174 valence electrons. The van der Waals surface area contributed by atoms with E-state index in [1.807, 2.05) is 36.9 Å². The average Bonchev–Trinajstić information content (AvgIpc) is 2.78. The fraction of sp³-hybridized carbons (Fsp3) is 0.522. The van der Waals surface area contributed by atoms with E-state index in [-0.39, 0.29) is 12.3 Å². The first kappa shape index (κ1) is 28.3. The molecule has 31 heavy (non-hydrogen) atoms. The minimum Gasteiger partial charge on any atom is -0.376 e. The third kappa shape index (κ3) is 10.8. The van der Waals surface area contributed by atoms with Gasteiger partial charge in [0.05, 0.1) is 6.54 Å². The highest BCUT2D eigenvalue weighted by Gasteiger charge is 2.32. The van der Waals surface area contributed by atoms with Crippen LogP contribution in [0, 0.1) is 6.92 Å². The molecule has 3 N–H and O–H groups in total. The van der Waals surface area contributed by atoms with Crippen LogP contribution >= 0.6 is 0 Å². The maximum absolute atomic E-state index is 12.3. The van der Waals surface area contributed by atoms with Crippen molar-refractivity contribution in [1.29, 1.82) is 0 Å². The molecule has 2 amide bonds. The van der Waals surface area contributed by atoms with E-state index in [4.69, 9.17) is 9.59 Å². The van der Waals surface area contributed by atoms with Gasteiger partial charge in [-0.15, -0.1) is 0 Å². The molecule has 0 spiro atoms. The number of likely N-dealkylation sites (tertiary alicyclic amines) is 1. The normalized spacial score (nSPS) is 15.9. The minimum atomic E-state index is 0.202. The molecule has 1 aromatic rings. The number of anilines is 1. The summed E-state index contributed by atoms with van der Waals surface area (Å²) in [6, 6.07) is 8.79. The van der Waals surface area contributed by atoms with Gasteiger partial charge in [0.1, 0.15) is 6.29 Å². The van der Waals surface area contributed by atoms with Crippen molar-refractivity contribution in [1.82, 2.24) is 14.7 Å². The van der Waals surface area contributed by atoms with Crippen LogP contribution in [0.25, 0.3) is 0 Å². The fourth-order valence-corrected chi connectivity index (χ4v) is 3.29. The van der Waals surface area contributed by atoms with Gasteiger partial charge in [-0.1, -0.05) is 38.6 Å². The number of likely N-dealkylation sites (N-methyl/N-ethyl adjacent to an activating group) is 1. The summed E-state index contributed by atoms with van der Waals surface area (Å²) in [5.74, 6) is 0.202. The van der Waals surface area contributed by atoms with Crippen molar-refractivity contribution in [2.75, 3.05) is 58.2 Å². The number of benzene rings is 1. The van der Waals surface area contributed by atoms with Crippen molar-refractivity contribution >= 4 is 24.3 Å². The Bertz CT molecular complexity index is 648. The van der Waals surface area contributed by atoms with Crippen LogP contribution in [0.15, 0.2) is 36.9 Å². The number of carbonyl (C=O) groups excluding carboxylic acids is 3. The van der Waals surface area contributed by atoms with E-state index < -0.39 is 0 Å². The Morgan fingerprint density at radius 1 is 1.16 bits per heavy atom. The van der Waals surface area contributed by atoms with Gasteiger partial charge < -0.3 is 20.9 Å². The summed E-state index contributed by atoms with van der Waals surface area (Å²) in [4.78, 5) is 36.8. The second kappa shape index (κ2) is 17.0. The van der Waals surface area contributed by atoms with E-state index in [0.717, 1.165) is 31.9 Å². The predicted molar refractivity (Wildman–Crippen MR) is 127 cm³/mol. The quantitative estimate of drug-likeness (QED) is 0.537. The van der Waals surface area contributed by atoms with Crippen LogP contribution < -0.4 is 11.1 Å². The zero-order valence-corrected chi connectivity index (χ0v) is 19.4. The molecular formula is C23H39N5O3. The first-order chi connectivity index (χ1) is 15.0. The van der Waals surface area contributed by atoms with Gasteiger partial charge in [0, 0.05) is 51.0 Å².